The molecular weight excluding hydrogens is 422 g/mol. The molecule has 3 rings (SSSR count). The van der Waals surface area contributed by atoms with Crippen LogP contribution in [0, 0.1) is 5.92 Å². The van der Waals surface area contributed by atoms with E-state index in [4.69, 9.17) is 16.3 Å². The van der Waals surface area contributed by atoms with Crippen molar-refractivity contribution in [3.8, 4) is 5.75 Å². The van der Waals surface area contributed by atoms with Crippen LogP contribution in [0.5, 0.6) is 5.75 Å². The molecule has 2 aromatic carbocycles. The second kappa shape index (κ2) is 9.84. The molecule has 0 unspecified atom stereocenters. The van der Waals surface area contributed by atoms with Crippen LogP contribution in [-0.2, 0) is 16.3 Å². The highest BCUT2D eigenvalue weighted by atomic mass is 35.5. The third kappa shape index (κ3) is 5.76. The highest BCUT2D eigenvalue weighted by molar-refractivity contribution is 7.90. The molecule has 0 spiro atoms. The first-order valence-corrected chi connectivity index (χ1v) is 12.6. The Morgan fingerprint density at radius 2 is 1.80 bits per heavy atom. The number of ether oxygens (including phenoxy) is 1. The Kier molecular flexibility index (Phi) is 7.42. The maximum atomic E-state index is 12.9. The molecule has 1 aliphatic heterocycles. The first kappa shape index (κ1) is 22.6. The van der Waals surface area contributed by atoms with E-state index in [1.807, 2.05) is 19.1 Å². The van der Waals surface area contributed by atoms with Gasteiger partial charge in [-0.3, -0.25) is 4.79 Å². The van der Waals surface area contributed by atoms with Gasteiger partial charge in [0.25, 0.3) is 5.91 Å². The Hall–Kier alpha value is -2.05. The van der Waals surface area contributed by atoms with E-state index >= 15 is 0 Å². The number of hydrogen-bond acceptors (Lipinski definition) is 4. The summed E-state index contributed by atoms with van der Waals surface area (Å²) >= 11 is 6.19. The molecule has 0 N–H and O–H groups in total. The number of amides is 1. The highest BCUT2D eigenvalue weighted by Crippen LogP contribution is 2.27. The number of likely N-dealkylation sites (tertiary alicyclic amines) is 1. The van der Waals surface area contributed by atoms with Gasteiger partial charge in [-0.1, -0.05) is 23.7 Å². The van der Waals surface area contributed by atoms with Gasteiger partial charge < -0.3 is 9.64 Å². The Balaban J connectivity index is 1.54. The standard InChI is InChI=1S/C23H28ClNO4S/c1-3-29-19-8-6-17(7-9-19)4-5-18-12-14-25(15-13-18)23(26)21-16-20(30(2,27)28)10-11-22(21)24/h6-11,16,18H,3-5,12-15H2,1-2H3. The zero-order chi connectivity index (χ0) is 21.7. The van der Waals surface area contributed by atoms with Crippen molar-refractivity contribution in [2.75, 3.05) is 26.0 Å². The molecule has 1 saturated heterocycles. The van der Waals surface area contributed by atoms with Gasteiger partial charge in [-0.15, -0.1) is 0 Å². The summed E-state index contributed by atoms with van der Waals surface area (Å²) < 4.78 is 29.1. The molecule has 1 heterocycles. The quantitative estimate of drug-likeness (QED) is 0.618. The van der Waals surface area contributed by atoms with Crippen LogP contribution in [0.15, 0.2) is 47.4 Å². The lowest BCUT2D eigenvalue weighted by Crippen LogP contribution is -2.38. The number of piperidine rings is 1. The second-order valence-corrected chi connectivity index (χ2v) is 10.2. The van der Waals surface area contributed by atoms with Gasteiger partial charge in [0.05, 0.1) is 22.1 Å². The minimum atomic E-state index is -3.39. The monoisotopic (exact) mass is 449 g/mol. The molecule has 5 nitrogen and oxygen atoms in total. The van der Waals surface area contributed by atoms with Gasteiger partial charge in [0.2, 0.25) is 0 Å². The lowest BCUT2D eigenvalue weighted by Gasteiger charge is -2.32. The lowest BCUT2D eigenvalue weighted by atomic mass is 9.90. The molecule has 2 aromatic rings. The summed E-state index contributed by atoms with van der Waals surface area (Å²) in [7, 11) is -3.39. The smallest absolute Gasteiger partial charge is 0.255 e. The molecule has 0 aromatic heterocycles. The van der Waals surface area contributed by atoms with Crippen LogP contribution in [0.1, 0.15) is 42.1 Å². The largest absolute Gasteiger partial charge is 0.494 e. The van der Waals surface area contributed by atoms with E-state index in [9.17, 15) is 13.2 Å². The molecule has 0 atom stereocenters. The zero-order valence-electron chi connectivity index (χ0n) is 17.4. The van der Waals surface area contributed by atoms with E-state index in [1.165, 1.54) is 23.8 Å². The van der Waals surface area contributed by atoms with Gasteiger partial charge in [0.15, 0.2) is 9.84 Å². The third-order valence-corrected chi connectivity index (χ3v) is 7.01. The van der Waals surface area contributed by atoms with Crippen molar-refractivity contribution in [1.29, 1.82) is 0 Å². The first-order valence-electron chi connectivity index (χ1n) is 10.3. The summed E-state index contributed by atoms with van der Waals surface area (Å²) in [5, 5.41) is 0.282. The topological polar surface area (TPSA) is 63.7 Å². The van der Waals surface area contributed by atoms with Gasteiger partial charge in [-0.25, -0.2) is 8.42 Å². The molecule has 0 radical (unpaired) electrons. The van der Waals surface area contributed by atoms with Crippen molar-refractivity contribution in [2.45, 2.75) is 37.5 Å². The van der Waals surface area contributed by atoms with E-state index in [2.05, 4.69) is 12.1 Å². The van der Waals surface area contributed by atoms with Crippen molar-refractivity contribution in [1.82, 2.24) is 4.90 Å². The number of halogens is 1. The van der Waals surface area contributed by atoms with Gasteiger partial charge in [0.1, 0.15) is 5.75 Å². The van der Waals surface area contributed by atoms with E-state index in [1.54, 1.807) is 4.90 Å². The number of carbonyl (C=O) groups excluding carboxylic acids is 1. The molecule has 7 heteroatoms. The highest BCUT2D eigenvalue weighted by Gasteiger charge is 2.25. The molecule has 162 valence electrons. The first-order chi connectivity index (χ1) is 14.3. The Bertz CT molecular complexity index is 981. The summed E-state index contributed by atoms with van der Waals surface area (Å²) in [4.78, 5) is 14.8. The summed E-state index contributed by atoms with van der Waals surface area (Å²) in [5.74, 6) is 1.26. The van der Waals surface area contributed by atoms with E-state index in [0.29, 0.717) is 25.6 Å². The summed E-state index contributed by atoms with van der Waals surface area (Å²) in [6.45, 7) is 3.96. The number of carbonyl (C=O) groups is 1. The van der Waals surface area contributed by atoms with Crippen LogP contribution in [0.4, 0.5) is 0 Å². The average Bonchev–Trinajstić information content (AvgIpc) is 2.73. The fraction of sp³-hybridized carbons (Fsp3) is 0.435. The van der Waals surface area contributed by atoms with E-state index in [-0.39, 0.29) is 21.4 Å². The molecule has 1 fully saturated rings. The van der Waals surface area contributed by atoms with Gasteiger partial charge in [-0.2, -0.15) is 0 Å². The number of aryl methyl sites for hydroxylation is 1. The summed E-state index contributed by atoms with van der Waals surface area (Å²) in [6.07, 6.45) is 5.09. The number of benzene rings is 2. The predicted molar refractivity (Wildman–Crippen MR) is 119 cm³/mol. The molecule has 30 heavy (non-hydrogen) atoms. The van der Waals surface area contributed by atoms with Crippen LogP contribution in [-0.4, -0.2) is 45.2 Å². The number of rotatable bonds is 7. The number of hydrogen-bond donors (Lipinski definition) is 0. The normalized spacial score (nSPS) is 15.2. The van der Waals surface area contributed by atoms with Crippen molar-refractivity contribution in [3.63, 3.8) is 0 Å². The minimum Gasteiger partial charge on any atom is -0.494 e. The summed E-state index contributed by atoms with van der Waals surface area (Å²) in [5.41, 5.74) is 1.55. The van der Waals surface area contributed by atoms with Crippen molar-refractivity contribution >= 4 is 27.3 Å². The average molecular weight is 450 g/mol. The third-order valence-electron chi connectivity index (χ3n) is 5.57. The number of nitrogens with zero attached hydrogens (tertiary/aromatic N) is 1. The molecule has 1 amide bonds. The van der Waals surface area contributed by atoms with Crippen LogP contribution in [0.25, 0.3) is 0 Å². The molecule has 1 aliphatic rings. The van der Waals surface area contributed by atoms with Crippen molar-refractivity contribution < 1.29 is 17.9 Å². The Morgan fingerprint density at radius 3 is 2.40 bits per heavy atom. The van der Waals surface area contributed by atoms with Crippen molar-refractivity contribution in [3.05, 3.63) is 58.6 Å². The van der Waals surface area contributed by atoms with Crippen LogP contribution in [0.3, 0.4) is 0 Å². The van der Waals surface area contributed by atoms with Gasteiger partial charge >= 0.3 is 0 Å². The molecular formula is C23H28ClNO4S. The van der Waals surface area contributed by atoms with Crippen LogP contribution < -0.4 is 4.74 Å². The molecule has 0 bridgehead atoms. The zero-order valence-corrected chi connectivity index (χ0v) is 19.0. The Labute approximate surface area is 183 Å². The SMILES string of the molecule is CCOc1ccc(CCC2CCN(C(=O)c3cc(S(C)(=O)=O)ccc3Cl)CC2)cc1. The number of sulfone groups is 1. The minimum absolute atomic E-state index is 0.112. The van der Waals surface area contributed by atoms with Crippen LogP contribution in [0.2, 0.25) is 5.02 Å². The predicted octanol–water partition coefficient (Wildman–Crippen LogP) is 4.63. The molecule has 0 saturated carbocycles. The van der Waals surface area contributed by atoms with Crippen molar-refractivity contribution in [2.24, 2.45) is 5.92 Å². The van der Waals surface area contributed by atoms with Crippen LogP contribution >= 0.6 is 11.6 Å². The lowest BCUT2D eigenvalue weighted by molar-refractivity contribution is 0.0687. The summed E-state index contributed by atoms with van der Waals surface area (Å²) in [6, 6.07) is 12.5. The maximum Gasteiger partial charge on any atom is 0.255 e. The van der Waals surface area contributed by atoms with E-state index < -0.39 is 9.84 Å². The fourth-order valence-corrected chi connectivity index (χ4v) is 4.63. The van der Waals surface area contributed by atoms with Gasteiger partial charge in [0, 0.05) is 19.3 Å². The fourth-order valence-electron chi connectivity index (χ4n) is 3.78. The van der Waals surface area contributed by atoms with Gasteiger partial charge in [-0.05, 0) is 74.4 Å². The second-order valence-electron chi connectivity index (χ2n) is 7.77. The molecule has 0 aliphatic carbocycles. The maximum absolute atomic E-state index is 12.9. The van der Waals surface area contributed by atoms with E-state index in [0.717, 1.165) is 37.7 Å². The Morgan fingerprint density at radius 1 is 1.13 bits per heavy atom.